The van der Waals surface area contributed by atoms with Crippen LogP contribution in [0.1, 0.15) is 103 Å². The zero-order chi connectivity index (χ0) is 48.5. The zero-order valence-corrected chi connectivity index (χ0v) is 40.5. The molecule has 1 saturated heterocycles. The summed E-state index contributed by atoms with van der Waals surface area (Å²) in [5.74, 6) is -1.36. The molecule has 3 rings (SSSR count). The lowest BCUT2D eigenvalue weighted by molar-refractivity contribution is -0.213. The number of carbonyl (C=O) groups excluding carboxylic acids is 3. The average molecular weight is 908 g/mol. The standard InChI is InChI=1S/C45H77N7O12/c1-16-27-19-30(49-26(3)31(51-59)23-48-40(56)63-43(7,8)9)33(37-35(54)38(45(13,14)24-60-37)52(15)41(57)64-44(10,11)12)34(53)32(27)36-25(2)17-18-29(61-36)22-46-20-28(50-58)21-47-39(55)62-42(4,5)6/h16,18,25,27-28,30-38,46,53-54H,1,17,19-24H2,2-15H3,(H,47,55)(H,48,56). The van der Waals surface area contributed by atoms with Gasteiger partial charge in [0.25, 0.3) is 0 Å². The van der Waals surface area contributed by atoms with Crippen molar-refractivity contribution in [3.63, 3.8) is 0 Å². The van der Waals surface area contributed by atoms with Crippen LogP contribution in [0.4, 0.5) is 14.4 Å². The Balaban J connectivity index is 1.97. The highest BCUT2D eigenvalue weighted by atomic mass is 16.6. The molecule has 12 atom stereocenters. The van der Waals surface area contributed by atoms with Gasteiger partial charge in [0.15, 0.2) is 0 Å². The quantitative estimate of drug-likeness (QED) is 0.0528. The third kappa shape index (κ3) is 15.5. The van der Waals surface area contributed by atoms with Crippen molar-refractivity contribution in [2.24, 2.45) is 44.4 Å². The summed E-state index contributed by atoms with van der Waals surface area (Å²) in [6.45, 7) is 27.5. The number of allylic oxidation sites excluding steroid dienone is 2. The molecule has 364 valence electrons. The van der Waals surface area contributed by atoms with Gasteiger partial charge in [0.2, 0.25) is 0 Å². The van der Waals surface area contributed by atoms with Gasteiger partial charge in [-0.1, -0.05) is 37.2 Å². The number of alkyl carbamates (subject to hydrolysis) is 2. The molecular formula is C45H77N7O12. The molecule has 3 amide bonds. The minimum atomic E-state index is -1.33. The van der Waals surface area contributed by atoms with Gasteiger partial charge in [0, 0.05) is 43.1 Å². The van der Waals surface area contributed by atoms with Crippen molar-refractivity contribution < 1.29 is 48.3 Å². The highest BCUT2D eigenvalue weighted by Gasteiger charge is 2.57. The summed E-state index contributed by atoms with van der Waals surface area (Å²) in [4.78, 5) is 68.4. The molecule has 19 heteroatoms. The molecule has 2 heterocycles. The van der Waals surface area contributed by atoms with Gasteiger partial charge < -0.3 is 54.7 Å². The summed E-state index contributed by atoms with van der Waals surface area (Å²) in [5.41, 5.74) is -2.74. The number of aliphatic hydroxyl groups is 2. The first-order valence-electron chi connectivity index (χ1n) is 22.3. The van der Waals surface area contributed by atoms with Gasteiger partial charge in [0.1, 0.15) is 46.9 Å². The van der Waals surface area contributed by atoms with E-state index in [-0.39, 0.29) is 50.3 Å². The number of hydrogen-bond acceptors (Lipinski definition) is 16. The van der Waals surface area contributed by atoms with E-state index in [1.54, 1.807) is 82.4 Å². The molecule has 0 spiro atoms. The van der Waals surface area contributed by atoms with Crippen LogP contribution in [0.15, 0.2) is 39.8 Å². The molecular weight excluding hydrogens is 831 g/mol. The normalized spacial score (nSPS) is 29.7. The lowest BCUT2D eigenvalue weighted by Gasteiger charge is -2.55. The highest BCUT2D eigenvalue weighted by Crippen LogP contribution is 2.48. The van der Waals surface area contributed by atoms with Crippen molar-refractivity contribution >= 4 is 24.0 Å². The topological polar surface area (TPSA) is 248 Å². The minimum absolute atomic E-state index is 0.0324. The summed E-state index contributed by atoms with van der Waals surface area (Å²) in [5, 5.41) is 40.0. The summed E-state index contributed by atoms with van der Waals surface area (Å²) < 4.78 is 29.5. The summed E-state index contributed by atoms with van der Waals surface area (Å²) >= 11 is 0. The summed E-state index contributed by atoms with van der Waals surface area (Å²) in [7, 11) is 1.57. The van der Waals surface area contributed by atoms with Crippen molar-refractivity contribution in [1.29, 1.82) is 0 Å². The van der Waals surface area contributed by atoms with Crippen LogP contribution in [0, 0.1) is 38.9 Å². The van der Waals surface area contributed by atoms with E-state index in [9.17, 15) is 34.4 Å². The number of nitrogens with one attached hydrogen (secondary N) is 3. The van der Waals surface area contributed by atoms with Crippen LogP contribution >= 0.6 is 0 Å². The fraction of sp³-hybridized carbons (Fsp3) is 0.822. The van der Waals surface area contributed by atoms with E-state index in [2.05, 4.69) is 32.9 Å². The maximum Gasteiger partial charge on any atom is 0.410 e. The molecule has 0 bridgehead atoms. The Morgan fingerprint density at radius 1 is 0.906 bits per heavy atom. The van der Waals surface area contributed by atoms with Crippen LogP contribution in [0.5, 0.6) is 0 Å². The number of carbonyl (C=O) groups is 3. The average Bonchev–Trinajstić information content (AvgIpc) is 3.15. The Morgan fingerprint density at radius 3 is 2.02 bits per heavy atom. The smallest absolute Gasteiger partial charge is 0.410 e. The van der Waals surface area contributed by atoms with Crippen LogP contribution in [0.25, 0.3) is 0 Å². The number of aliphatic imine (C=N–C) groups is 1. The first kappa shape index (κ1) is 54.1. The number of rotatable bonds is 16. The lowest BCUT2D eigenvalue weighted by atomic mass is 9.61. The fourth-order valence-electron chi connectivity index (χ4n) is 8.74. The fourth-order valence-corrected chi connectivity index (χ4v) is 8.74. The SMILES string of the molecule is C=CC1CC(N=C(C)C(CNC(=O)OC(C)(C)C)N=O)C(C2OCC(C)(C)C(N(C)C(=O)OC(C)(C)C)C2O)C(O)C1C1OC(CNCC(CNC(=O)OC(C)(C)C)N=O)=CCC1C. The largest absolute Gasteiger partial charge is 0.493 e. The zero-order valence-electron chi connectivity index (χ0n) is 40.5. The van der Waals surface area contributed by atoms with Gasteiger partial charge in [-0.25, -0.2) is 14.4 Å². The molecule has 0 radical (unpaired) electrons. The van der Waals surface area contributed by atoms with Crippen LogP contribution in [0.3, 0.4) is 0 Å². The Labute approximate surface area is 379 Å². The van der Waals surface area contributed by atoms with Gasteiger partial charge in [-0.15, -0.1) is 6.58 Å². The van der Waals surface area contributed by atoms with Crippen LogP contribution < -0.4 is 16.0 Å². The van der Waals surface area contributed by atoms with Crippen LogP contribution in [-0.2, 0) is 23.7 Å². The molecule has 1 saturated carbocycles. The Hall–Kier alpha value is -4.20. The second-order valence-electron chi connectivity index (χ2n) is 21.2. The third-order valence-corrected chi connectivity index (χ3v) is 11.6. The second kappa shape index (κ2) is 22.3. The molecule has 2 aliphatic heterocycles. The van der Waals surface area contributed by atoms with E-state index in [0.717, 1.165) is 0 Å². The first-order chi connectivity index (χ1) is 29.5. The van der Waals surface area contributed by atoms with Crippen molar-refractivity contribution in [3.05, 3.63) is 34.3 Å². The predicted octanol–water partition coefficient (Wildman–Crippen LogP) is 5.85. The molecule has 0 aromatic rings. The Bertz CT molecular complexity index is 1690. The van der Waals surface area contributed by atoms with Gasteiger partial charge in [-0.3, -0.25) is 4.99 Å². The molecule has 1 aliphatic carbocycles. The first-order valence-corrected chi connectivity index (χ1v) is 22.3. The molecule has 2 fully saturated rings. The third-order valence-electron chi connectivity index (χ3n) is 11.6. The maximum atomic E-state index is 13.5. The van der Waals surface area contributed by atoms with Gasteiger partial charge in [0.05, 0.1) is 44.0 Å². The Morgan fingerprint density at radius 2 is 1.48 bits per heavy atom. The number of hydrogen-bond donors (Lipinski definition) is 5. The van der Waals surface area contributed by atoms with Gasteiger partial charge in [-0.05, 0) is 100.0 Å². The number of nitrogens with zero attached hydrogens (tertiary/aromatic N) is 4. The molecule has 3 aliphatic rings. The number of nitroso groups, excluding NO2 is 2. The van der Waals surface area contributed by atoms with Crippen molar-refractivity contribution in [1.82, 2.24) is 20.9 Å². The van der Waals surface area contributed by atoms with E-state index in [0.29, 0.717) is 18.6 Å². The van der Waals surface area contributed by atoms with Crippen molar-refractivity contribution in [3.8, 4) is 0 Å². The number of likely N-dealkylation sites (N-methyl/N-ethyl adjacent to an activating group) is 1. The summed E-state index contributed by atoms with van der Waals surface area (Å²) in [6.07, 6.45) is -1.57. The lowest BCUT2D eigenvalue weighted by Crippen LogP contribution is -2.67. The molecule has 0 aromatic heterocycles. The molecule has 64 heavy (non-hydrogen) atoms. The van der Waals surface area contributed by atoms with Crippen LogP contribution in [-0.4, -0.2) is 144 Å². The molecule has 0 aromatic carbocycles. The number of amides is 3. The van der Waals surface area contributed by atoms with Gasteiger partial charge in [-0.2, -0.15) is 9.81 Å². The van der Waals surface area contributed by atoms with Crippen molar-refractivity contribution in [2.75, 3.05) is 39.8 Å². The predicted molar refractivity (Wildman–Crippen MR) is 243 cm³/mol. The van der Waals surface area contributed by atoms with E-state index < -0.39 is 101 Å². The maximum absolute atomic E-state index is 13.5. The second-order valence-corrected chi connectivity index (χ2v) is 21.2. The minimum Gasteiger partial charge on any atom is -0.493 e. The molecule has 5 N–H and O–H groups in total. The molecule has 19 nitrogen and oxygen atoms in total. The molecule has 12 unspecified atom stereocenters. The van der Waals surface area contributed by atoms with E-state index in [4.69, 9.17) is 28.7 Å². The van der Waals surface area contributed by atoms with Crippen LogP contribution in [0.2, 0.25) is 0 Å². The van der Waals surface area contributed by atoms with Crippen molar-refractivity contribution in [2.45, 2.75) is 168 Å². The van der Waals surface area contributed by atoms with E-state index in [1.807, 2.05) is 26.8 Å². The summed E-state index contributed by atoms with van der Waals surface area (Å²) in [6, 6.07) is -3.44. The van der Waals surface area contributed by atoms with Gasteiger partial charge >= 0.3 is 18.3 Å². The monoisotopic (exact) mass is 908 g/mol. The van der Waals surface area contributed by atoms with E-state index >= 15 is 0 Å². The number of ether oxygens (including phenoxy) is 5. The number of aliphatic hydroxyl groups excluding tert-OH is 2. The highest BCUT2D eigenvalue weighted by molar-refractivity contribution is 5.88. The van der Waals surface area contributed by atoms with E-state index in [1.165, 1.54) is 4.90 Å². The Kier molecular flexibility index (Phi) is 18.9.